The fourth-order valence-electron chi connectivity index (χ4n) is 4.05. The average Bonchev–Trinajstić information content (AvgIpc) is 3.04. The molecule has 2 heterocycles. The molecular weight excluding hydrogens is 443 g/mol. The van der Waals surface area contributed by atoms with E-state index in [1.807, 2.05) is 31.7 Å². The Morgan fingerprint density at radius 1 is 0.848 bits per heavy atom. The van der Waals surface area contributed by atoms with Crippen molar-refractivity contribution in [3.8, 4) is 5.69 Å². The summed E-state index contributed by atoms with van der Waals surface area (Å²) in [5, 5.41) is 4.46. The van der Waals surface area contributed by atoms with Gasteiger partial charge in [0, 0.05) is 32.2 Å². The number of anilines is 1. The smallest absolute Gasteiger partial charge is 0.271 e. The molecule has 3 aromatic rings. The number of aromatic nitrogens is 2. The molecule has 0 atom stereocenters. The summed E-state index contributed by atoms with van der Waals surface area (Å²) in [5.74, 6) is 0.177. The summed E-state index contributed by atoms with van der Waals surface area (Å²) in [6.45, 7) is 7.48. The van der Waals surface area contributed by atoms with Crippen LogP contribution < -0.4 is 10.5 Å². The average molecular weight is 471 g/mol. The second-order valence-electron chi connectivity index (χ2n) is 8.36. The largest absolute Gasteiger partial charge is 0.354 e. The molecule has 7 nitrogen and oxygen atoms in total. The topological polar surface area (TPSA) is 75.5 Å². The number of nitrogens with zero attached hydrogens (tertiary/aromatic N) is 4. The SMILES string of the molecule is Cc1cc(C)c(S(=O)(=O)N2CCCN(c3ccc(=O)n(-c4ccc(F)cc4)n3)CC2)cc1C. The quantitative estimate of drug-likeness (QED) is 0.585. The van der Waals surface area contributed by atoms with Gasteiger partial charge in [0.25, 0.3) is 5.56 Å². The van der Waals surface area contributed by atoms with Crippen molar-refractivity contribution in [1.82, 2.24) is 14.1 Å². The Bertz CT molecular complexity index is 1340. The van der Waals surface area contributed by atoms with E-state index in [0.717, 1.165) is 16.7 Å². The van der Waals surface area contributed by atoms with E-state index >= 15 is 0 Å². The third-order valence-corrected chi connectivity index (χ3v) is 8.09. The minimum atomic E-state index is -3.63. The van der Waals surface area contributed by atoms with E-state index in [-0.39, 0.29) is 5.56 Å². The number of benzene rings is 2. The predicted octanol–water partition coefficient (Wildman–Crippen LogP) is 3.20. The lowest BCUT2D eigenvalue weighted by Crippen LogP contribution is -2.36. The Morgan fingerprint density at radius 3 is 2.27 bits per heavy atom. The van der Waals surface area contributed by atoms with Gasteiger partial charge in [-0.15, -0.1) is 5.10 Å². The van der Waals surface area contributed by atoms with Crippen LogP contribution in [0.2, 0.25) is 0 Å². The highest BCUT2D eigenvalue weighted by Gasteiger charge is 2.29. The van der Waals surface area contributed by atoms with Crippen LogP contribution in [0, 0.1) is 26.6 Å². The minimum Gasteiger partial charge on any atom is -0.354 e. The van der Waals surface area contributed by atoms with Crippen molar-refractivity contribution in [3.63, 3.8) is 0 Å². The number of aryl methyl sites for hydroxylation is 3. The van der Waals surface area contributed by atoms with Crippen LogP contribution >= 0.6 is 0 Å². The molecule has 0 unspecified atom stereocenters. The van der Waals surface area contributed by atoms with Gasteiger partial charge in [-0.05, 0) is 80.3 Å². The van der Waals surface area contributed by atoms with Gasteiger partial charge >= 0.3 is 0 Å². The molecular formula is C24H27FN4O3S. The number of sulfonamides is 1. The van der Waals surface area contributed by atoms with Crippen molar-refractivity contribution in [2.75, 3.05) is 31.1 Å². The fraction of sp³-hybridized carbons (Fsp3) is 0.333. The van der Waals surface area contributed by atoms with Crippen molar-refractivity contribution < 1.29 is 12.8 Å². The van der Waals surface area contributed by atoms with Gasteiger partial charge in [-0.2, -0.15) is 8.99 Å². The van der Waals surface area contributed by atoms with E-state index in [9.17, 15) is 17.6 Å². The lowest BCUT2D eigenvalue weighted by molar-refractivity contribution is 0.432. The normalized spacial score (nSPS) is 15.5. The Kier molecular flexibility index (Phi) is 6.36. The summed E-state index contributed by atoms with van der Waals surface area (Å²) in [5.41, 5.74) is 2.90. The van der Waals surface area contributed by atoms with E-state index in [1.165, 1.54) is 39.3 Å². The Morgan fingerprint density at radius 2 is 1.55 bits per heavy atom. The summed E-state index contributed by atoms with van der Waals surface area (Å²) in [7, 11) is -3.63. The Labute approximate surface area is 193 Å². The molecule has 0 saturated carbocycles. The van der Waals surface area contributed by atoms with Crippen molar-refractivity contribution >= 4 is 15.8 Å². The molecule has 1 aromatic heterocycles. The maximum absolute atomic E-state index is 13.4. The summed E-state index contributed by atoms with van der Waals surface area (Å²) in [6, 6.07) is 12.3. The molecule has 0 spiro atoms. The van der Waals surface area contributed by atoms with Gasteiger partial charge in [0.1, 0.15) is 11.6 Å². The number of hydrogen-bond acceptors (Lipinski definition) is 5. The summed E-state index contributed by atoms with van der Waals surface area (Å²) in [6.07, 6.45) is 0.625. The lowest BCUT2D eigenvalue weighted by atomic mass is 10.1. The number of hydrogen-bond donors (Lipinski definition) is 0. The predicted molar refractivity (Wildman–Crippen MR) is 126 cm³/mol. The minimum absolute atomic E-state index is 0.312. The molecule has 0 N–H and O–H groups in total. The fourth-order valence-corrected chi connectivity index (χ4v) is 5.81. The summed E-state index contributed by atoms with van der Waals surface area (Å²) in [4.78, 5) is 14.7. The monoisotopic (exact) mass is 470 g/mol. The zero-order chi connectivity index (χ0) is 23.8. The second kappa shape index (κ2) is 9.07. The molecule has 4 rings (SSSR count). The van der Waals surface area contributed by atoms with Crippen LogP contribution in [0.15, 0.2) is 58.2 Å². The molecule has 33 heavy (non-hydrogen) atoms. The van der Waals surface area contributed by atoms with Gasteiger partial charge in [-0.3, -0.25) is 4.79 Å². The first-order valence-electron chi connectivity index (χ1n) is 10.9. The van der Waals surface area contributed by atoms with Crippen LogP contribution in [-0.4, -0.2) is 48.7 Å². The maximum Gasteiger partial charge on any atom is 0.271 e. The molecule has 9 heteroatoms. The van der Waals surface area contributed by atoms with E-state index < -0.39 is 15.8 Å². The highest BCUT2D eigenvalue weighted by atomic mass is 32.2. The van der Waals surface area contributed by atoms with Crippen molar-refractivity contribution in [1.29, 1.82) is 0 Å². The Balaban J connectivity index is 1.58. The molecule has 0 radical (unpaired) electrons. The highest BCUT2D eigenvalue weighted by molar-refractivity contribution is 7.89. The lowest BCUT2D eigenvalue weighted by Gasteiger charge is -2.23. The standard InChI is InChI=1S/C24H27FN4O3S/c1-17-15-19(3)22(16-18(17)2)33(31,32)28-12-4-11-27(13-14-28)23-9-10-24(30)29(26-23)21-7-5-20(25)6-8-21/h5-10,15-16H,4,11-14H2,1-3H3. The zero-order valence-electron chi connectivity index (χ0n) is 19.0. The van der Waals surface area contributed by atoms with Crippen molar-refractivity contribution in [2.45, 2.75) is 32.1 Å². The van der Waals surface area contributed by atoms with Crippen LogP contribution in [0.3, 0.4) is 0 Å². The van der Waals surface area contributed by atoms with Gasteiger partial charge in [0.15, 0.2) is 0 Å². The third-order valence-electron chi connectivity index (χ3n) is 6.05. The van der Waals surface area contributed by atoms with Crippen LogP contribution in [0.25, 0.3) is 5.69 Å². The molecule has 174 valence electrons. The van der Waals surface area contributed by atoms with Crippen molar-refractivity contribution in [2.24, 2.45) is 0 Å². The molecule has 1 fully saturated rings. The molecule has 2 aromatic carbocycles. The molecule has 0 aliphatic carbocycles. The van der Waals surface area contributed by atoms with Crippen LogP contribution in [0.1, 0.15) is 23.1 Å². The first-order chi connectivity index (χ1) is 15.7. The first-order valence-corrected chi connectivity index (χ1v) is 12.3. The van der Waals surface area contributed by atoms with E-state index in [1.54, 1.807) is 12.1 Å². The van der Waals surface area contributed by atoms with E-state index in [0.29, 0.717) is 49.0 Å². The highest BCUT2D eigenvalue weighted by Crippen LogP contribution is 2.25. The van der Waals surface area contributed by atoms with Gasteiger partial charge < -0.3 is 4.90 Å². The molecule has 1 aliphatic rings. The summed E-state index contributed by atoms with van der Waals surface area (Å²) >= 11 is 0. The third kappa shape index (κ3) is 4.69. The molecule has 0 amide bonds. The van der Waals surface area contributed by atoms with Crippen LogP contribution in [0.4, 0.5) is 10.2 Å². The number of rotatable bonds is 4. The van der Waals surface area contributed by atoms with Gasteiger partial charge in [0.05, 0.1) is 10.6 Å². The van der Waals surface area contributed by atoms with E-state index in [4.69, 9.17) is 0 Å². The Hall–Kier alpha value is -3.04. The van der Waals surface area contributed by atoms with Gasteiger partial charge in [0.2, 0.25) is 10.0 Å². The van der Waals surface area contributed by atoms with Crippen molar-refractivity contribution in [3.05, 3.63) is 81.4 Å². The molecule has 1 aliphatic heterocycles. The zero-order valence-corrected chi connectivity index (χ0v) is 19.8. The van der Waals surface area contributed by atoms with Crippen LogP contribution in [0.5, 0.6) is 0 Å². The van der Waals surface area contributed by atoms with Gasteiger partial charge in [-0.25, -0.2) is 12.8 Å². The number of halogens is 1. The molecule has 1 saturated heterocycles. The maximum atomic E-state index is 13.4. The second-order valence-corrected chi connectivity index (χ2v) is 10.3. The van der Waals surface area contributed by atoms with Crippen LogP contribution in [-0.2, 0) is 10.0 Å². The first kappa shape index (κ1) is 23.1. The van der Waals surface area contributed by atoms with E-state index in [2.05, 4.69) is 5.10 Å². The summed E-state index contributed by atoms with van der Waals surface area (Å²) < 4.78 is 42.8. The van der Waals surface area contributed by atoms with Gasteiger partial charge in [-0.1, -0.05) is 6.07 Å². The molecule has 0 bridgehead atoms.